The first kappa shape index (κ1) is 19.2. The van der Waals surface area contributed by atoms with Crippen molar-refractivity contribution in [2.75, 3.05) is 37.6 Å². The van der Waals surface area contributed by atoms with Crippen molar-refractivity contribution >= 4 is 17.3 Å². The number of nitro groups is 1. The maximum Gasteiger partial charge on any atom is 0.292 e. The molecule has 0 N–H and O–H groups in total. The molecule has 0 aromatic heterocycles. The molecule has 0 unspecified atom stereocenters. The highest BCUT2D eigenvalue weighted by molar-refractivity contribution is 5.79. The summed E-state index contributed by atoms with van der Waals surface area (Å²) in [4.78, 5) is 29.5. The van der Waals surface area contributed by atoms with Crippen LogP contribution in [-0.4, -0.2) is 65.4 Å². The Kier molecular flexibility index (Phi) is 6.36. The van der Waals surface area contributed by atoms with E-state index in [-0.39, 0.29) is 28.6 Å². The molecule has 1 aromatic carbocycles. The fraction of sp³-hybridized carbons (Fsp3) is 0.611. The van der Waals surface area contributed by atoms with Crippen LogP contribution in [0.5, 0.6) is 0 Å². The molecule has 0 radical (unpaired) electrons. The number of benzene rings is 1. The first-order valence-corrected chi connectivity index (χ1v) is 8.83. The second kappa shape index (κ2) is 8.29. The molecule has 1 saturated heterocycles. The molecule has 0 atom stereocenters. The third-order valence-corrected chi connectivity index (χ3v) is 4.55. The van der Waals surface area contributed by atoms with E-state index >= 15 is 0 Å². The van der Waals surface area contributed by atoms with Gasteiger partial charge in [-0.2, -0.15) is 0 Å². The molecule has 1 heterocycles. The number of rotatable bonds is 6. The Bertz CT molecular complexity index is 602. The molecular formula is C18H28N4O3. The van der Waals surface area contributed by atoms with Gasteiger partial charge in [0.2, 0.25) is 5.91 Å². The highest BCUT2D eigenvalue weighted by Gasteiger charge is 2.26. The van der Waals surface area contributed by atoms with Crippen LogP contribution in [0, 0.1) is 10.1 Å². The van der Waals surface area contributed by atoms with E-state index in [1.165, 1.54) is 6.07 Å². The number of para-hydroxylation sites is 2. The number of nitro benzene ring substituents is 1. The average Bonchev–Trinajstić information content (AvgIpc) is 2.54. The maximum atomic E-state index is 12.6. The van der Waals surface area contributed by atoms with Gasteiger partial charge in [-0.1, -0.05) is 12.1 Å². The Hall–Kier alpha value is -2.15. The van der Waals surface area contributed by atoms with Gasteiger partial charge in [0, 0.05) is 44.3 Å². The molecule has 2 rings (SSSR count). The average molecular weight is 348 g/mol. The van der Waals surface area contributed by atoms with Crippen LogP contribution in [0.3, 0.4) is 0 Å². The van der Waals surface area contributed by atoms with Crippen LogP contribution in [0.4, 0.5) is 11.4 Å². The zero-order valence-electron chi connectivity index (χ0n) is 15.5. The molecule has 1 aliphatic heterocycles. The summed E-state index contributed by atoms with van der Waals surface area (Å²) in [6.45, 7) is 11.3. The molecule has 25 heavy (non-hydrogen) atoms. The van der Waals surface area contributed by atoms with Crippen molar-refractivity contribution in [2.45, 2.75) is 39.8 Å². The monoisotopic (exact) mass is 348 g/mol. The Morgan fingerprint density at radius 1 is 1.12 bits per heavy atom. The second-order valence-corrected chi connectivity index (χ2v) is 7.00. The highest BCUT2D eigenvalue weighted by atomic mass is 16.6. The number of piperazine rings is 1. The SMILES string of the molecule is CC(C)N(C(=O)CN1CCN(c2ccccc2[N+](=O)[O-])CC1)C(C)C. The Morgan fingerprint density at radius 2 is 1.68 bits per heavy atom. The van der Waals surface area contributed by atoms with Gasteiger partial charge in [-0.25, -0.2) is 0 Å². The van der Waals surface area contributed by atoms with E-state index in [1.807, 2.05) is 43.6 Å². The van der Waals surface area contributed by atoms with Gasteiger partial charge in [0.05, 0.1) is 11.5 Å². The van der Waals surface area contributed by atoms with E-state index in [1.54, 1.807) is 12.1 Å². The number of carbonyl (C=O) groups is 1. The molecule has 0 spiro atoms. The van der Waals surface area contributed by atoms with Gasteiger partial charge >= 0.3 is 0 Å². The lowest BCUT2D eigenvalue weighted by atomic mass is 10.2. The molecule has 7 heteroatoms. The molecule has 1 aromatic rings. The molecule has 7 nitrogen and oxygen atoms in total. The van der Waals surface area contributed by atoms with Gasteiger partial charge in [0.1, 0.15) is 5.69 Å². The first-order valence-electron chi connectivity index (χ1n) is 8.83. The Balaban J connectivity index is 1.96. The fourth-order valence-electron chi connectivity index (χ4n) is 3.48. The zero-order chi connectivity index (χ0) is 18.6. The van der Waals surface area contributed by atoms with Gasteiger partial charge in [0.15, 0.2) is 0 Å². The number of nitrogens with zero attached hydrogens (tertiary/aromatic N) is 4. The van der Waals surface area contributed by atoms with E-state index in [0.717, 1.165) is 13.1 Å². The third-order valence-electron chi connectivity index (χ3n) is 4.55. The zero-order valence-corrected chi connectivity index (χ0v) is 15.5. The van der Waals surface area contributed by atoms with Crippen LogP contribution in [0.25, 0.3) is 0 Å². The first-order chi connectivity index (χ1) is 11.8. The molecule has 1 aliphatic rings. The second-order valence-electron chi connectivity index (χ2n) is 7.00. The third kappa shape index (κ3) is 4.69. The van der Waals surface area contributed by atoms with E-state index in [4.69, 9.17) is 0 Å². The Morgan fingerprint density at radius 3 is 2.20 bits per heavy atom. The number of carbonyl (C=O) groups excluding carboxylic acids is 1. The van der Waals surface area contributed by atoms with Crippen LogP contribution < -0.4 is 4.90 Å². The van der Waals surface area contributed by atoms with Crippen molar-refractivity contribution in [2.24, 2.45) is 0 Å². The Labute approximate surface area is 149 Å². The van der Waals surface area contributed by atoms with Gasteiger partial charge in [-0.15, -0.1) is 0 Å². The topological polar surface area (TPSA) is 69.9 Å². The lowest BCUT2D eigenvalue weighted by Crippen LogP contribution is -2.52. The summed E-state index contributed by atoms with van der Waals surface area (Å²) >= 11 is 0. The highest BCUT2D eigenvalue weighted by Crippen LogP contribution is 2.28. The molecule has 138 valence electrons. The van der Waals surface area contributed by atoms with Crippen molar-refractivity contribution in [3.8, 4) is 0 Å². The predicted octanol–water partition coefficient (Wildman–Crippen LogP) is 2.36. The van der Waals surface area contributed by atoms with Crippen molar-refractivity contribution in [1.82, 2.24) is 9.80 Å². The molecule has 1 amide bonds. The van der Waals surface area contributed by atoms with Crippen LogP contribution in [0.2, 0.25) is 0 Å². The molecule has 1 fully saturated rings. The van der Waals surface area contributed by atoms with E-state index in [9.17, 15) is 14.9 Å². The quantitative estimate of drug-likeness (QED) is 0.583. The number of anilines is 1. The van der Waals surface area contributed by atoms with Crippen LogP contribution in [-0.2, 0) is 4.79 Å². The summed E-state index contributed by atoms with van der Waals surface area (Å²) in [6.07, 6.45) is 0. The summed E-state index contributed by atoms with van der Waals surface area (Å²) < 4.78 is 0. The smallest absolute Gasteiger partial charge is 0.292 e. The summed E-state index contributed by atoms with van der Waals surface area (Å²) in [5.41, 5.74) is 0.794. The molecule has 0 bridgehead atoms. The normalized spacial score (nSPS) is 15.7. The molecular weight excluding hydrogens is 320 g/mol. The van der Waals surface area contributed by atoms with Crippen molar-refractivity contribution < 1.29 is 9.72 Å². The summed E-state index contributed by atoms with van der Waals surface area (Å²) in [6, 6.07) is 7.19. The minimum Gasteiger partial charge on any atom is -0.363 e. The lowest BCUT2D eigenvalue weighted by molar-refractivity contribution is -0.384. The van der Waals surface area contributed by atoms with Gasteiger partial charge in [0.25, 0.3) is 5.69 Å². The van der Waals surface area contributed by atoms with Gasteiger partial charge < -0.3 is 9.80 Å². The molecule has 0 saturated carbocycles. The summed E-state index contributed by atoms with van der Waals surface area (Å²) in [5, 5.41) is 11.2. The number of hydrogen-bond donors (Lipinski definition) is 0. The van der Waals surface area contributed by atoms with Gasteiger partial charge in [-0.3, -0.25) is 19.8 Å². The minimum atomic E-state index is -0.339. The van der Waals surface area contributed by atoms with E-state index in [2.05, 4.69) is 4.90 Å². The van der Waals surface area contributed by atoms with Crippen molar-refractivity contribution in [3.63, 3.8) is 0 Å². The summed E-state index contributed by atoms with van der Waals surface area (Å²) in [5.74, 6) is 0.143. The van der Waals surface area contributed by atoms with Gasteiger partial charge in [-0.05, 0) is 33.8 Å². The maximum absolute atomic E-state index is 12.6. The van der Waals surface area contributed by atoms with Crippen LogP contribution >= 0.6 is 0 Å². The van der Waals surface area contributed by atoms with Crippen molar-refractivity contribution in [1.29, 1.82) is 0 Å². The van der Waals surface area contributed by atoms with Crippen LogP contribution in [0.15, 0.2) is 24.3 Å². The van der Waals surface area contributed by atoms with E-state index < -0.39 is 0 Å². The van der Waals surface area contributed by atoms with Crippen molar-refractivity contribution in [3.05, 3.63) is 34.4 Å². The van der Waals surface area contributed by atoms with E-state index in [0.29, 0.717) is 25.3 Å². The number of amides is 1. The fourth-order valence-corrected chi connectivity index (χ4v) is 3.48. The lowest BCUT2D eigenvalue weighted by Gasteiger charge is -2.37. The minimum absolute atomic E-state index is 0.137. The summed E-state index contributed by atoms with van der Waals surface area (Å²) in [7, 11) is 0. The van der Waals surface area contributed by atoms with Crippen LogP contribution in [0.1, 0.15) is 27.7 Å². The largest absolute Gasteiger partial charge is 0.363 e. The molecule has 0 aliphatic carbocycles. The standard InChI is InChI=1S/C18H28N4O3/c1-14(2)21(15(3)4)18(23)13-19-9-11-20(12-10-19)16-7-5-6-8-17(16)22(24)25/h5-8,14-15H,9-13H2,1-4H3. The number of hydrogen-bond acceptors (Lipinski definition) is 5. The predicted molar refractivity (Wildman–Crippen MR) is 98.9 cm³/mol.